The topological polar surface area (TPSA) is 78.4 Å². The Hall–Kier alpha value is -1.53. The van der Waals surface area contributed by atoms with Gasteiger partial charge in [0.25, 0.3) is 5.91 Å². The molecule has 114 valence electrons. The largest absolute Gasteiger partial charge is 0.396 e. The number of fused-ring (bicyclic) bond motifs is 1. The number of thioether (sulfide) groups is 1. The maximum atomic E-state index is 12.3. The molecule has 0 spiro atoms. The summed E-state index contributed by atoms with van der Waals surface area (Å²) in [5.74, 6) is 0.416. The lowest BCUT2D eigenvalue weighted by Gasteiger charge is -2.22. The van der Waals surface area contributed by atoms with Crippen LogP contribution >= 0.6 is 11.8 Å². The highest BCUT2D eigenvalue weighted by molar-refractivity contribution is 8.00. The van der Waals surface area contributed by atoms with Gasteiger partial charge in [-0.1, -0.05) is 13.8 Å². The molecule has 1 aliphatic rings. The Morgan fingerprint density at radius 2 is 2.24 bits per heavy atom. The fraction of sp³-hybridized carbons (Fsp3) is 0.467. The number of anilines is 1. The van der Waals surface area contributed by atoms with Crippen molar-refractivity contribution in [2.24, 2.45) is 5.92 Å². The van der Waals surface area contributed by atoms with Gasteiger partial charge >= 0.3 is 0 Å². The summed E-state index contributed by atoms with van der Waals surface area (Å²) in [5.41, 5.74) is 1.20. The van der Waals surface area contributed by atoms with Gasteiger partial charge in [-0.2, -0.15) is 0 Å². The maximum Gasteiger partial charge on any atom is 0.251 e. The van der Waals surface area contributed by atoms with Gasteiger partial charge in [0, 0.05) is 23.1 Å². The molecule has 1 atom stereocenters. The van der Waals surface area contributed by atoms with Gasteiger partial charge in [-0.15, -0.1) is 11.8 Å². The van der Waals surface area contributed by atoms with Gasteiger partial charge < -0.3 is 15.7 Å². The summed E-state index contributed by atoms with van der Waals surface area (Å²) in [6.07, 6.45) is 0.529. The van der Waals surface area contributed by atoms with E-state index in [4.69, 9.17) is 5.11 Å². The molecule has 1 heterocycles. The van der Waals surface area contributed by atoms with E-state index in [9.17, 15) is 9.59 Å². The molecule has 0 saturated carbocycles. The second-order valence-corrected chi connectivity index (χ2v) is 6.40. The second-order valence-electron chi connectivity index (χ2n) is 5.38. The zero-order valence-electron chi connectivity index (χ0n) is 12.2. The molecular formula is C15H20N2O3S. The van der Waals surface area contributed by atoms with Crippen LogP contribution in [-0.4, -0.2) is 35.3 Å². The summed E-state index contributed by atoms with van der Waals surface area (Å²) in [6.45, 7) is 4.05. The third-order valence-electron chi connectivity index (χ3n) is 3.44. The van der Waals surface area contributed by atoms with E-state index in [1.807, 2.05) is 19.9 Å². The van der Waals surface area contributed by atoms with E-state index in [0.717, 1.165) is 4.90 Å². The van der Waals surface area contributed by atoms with E-state index in [1.165, 1.54) is 11.8 Å². The number of benzene rings is 1. The van der Waals surface area contributed by atoms with Crippen LogP contribution in [0.3, 0.4) is 0 Å². The lowest BCUT2D eigenvalue weighted by atomic mass is 10.0. The Morgan fingerprint density at radius 3 is 2.90 bits per heavy atom. The predicted octanol–water partition coefficient (Wildman–Crippen LogP) is 1.87. The van der Waals surface area contributed by atoms with Crippen LogP contribution in [0.25, 0.3) is 0 Å². The second kappa shape index (κ2) is 6.95. The number of rotatable bonds is 5. The number of carbonyl (C=O) groups is 2. The lowest BCUT2D eigenvalue weighted by Crippen LogP contribution is -2.39. The molecule has 2 rings (SSSR count). The van der Waals surface area contributed by atoms with Crippen molar-refractivity contribution < 1.29 is 14.7 Å². The van der Waals surface area contributed by atoms with Crippen molar-refractivity contribution in [1.29, 1.82) is 0 Å². The molecule has 0 aromatic heterocycles. The summed E-state index contributed by atoms with van der Waals surface area (Å²) >= 11 is 1.47. The normalized spacial score (nSPS) is 15.3. The zero-order chi connectivity index (χ0) is 15.4. The summed E-state index contributed by atoms with van der Waals surface area (Å²) < 4.78 is 0. The van der Waals surface area contributed by atoms with Crippen molar-refractivity contribution in [2.45, 2.75) is 31.2 Å². The van der Waals surface area contributed by atoms with Crippen molar-refractivity contribution in [1.82, 2.24) is 5.32 Å². The van der Waals surface area contributed by atoms with Crippen molar-refractivity contribution in [3.63, 3.8) is 0 Å². The van der Waals surface area contributed by atoms with Crippen LogP contribution in [0, 0.1) is 5.92 Å². The molecule has 5 nitrogen and oxygen atoms in total. The summed E-state index contributed by atoms with van der Waals surface area (Å²) in [6, 6.07) is 5.24. The van der Waals surface area contributed by atoms with E-state index >= 15 is 0 Å². The Morgan fingerprint density at radius 1 is 1.48 bits per heavy atom. The van der Waals surface area contributed by atoms with Gasteiger partial charge in [-0.05, 0) is 30.5 Å². The first-order chi connectivity index (χ1) is 10.0. The van der Waals surface area contributed by atoms with Crippen LogP contribution in [0.2, 0.25) is 0 Å². The molecule has 0 radical (unpaired) electrons. The minimum atomic E-state index is -0.185. The average Bonchev–Trinajstić information content (AvgIpc) is 2.45. The Bertz CT molecular complexity index is 546. The first-order valence-corrected chi connectivity index (χ1v) is 7.98. The molecule has 1 aromatic rings. The van der Waals surface area contributed by atoms with Crippen LogP contribution in [0.1, 0.15) is 30.6 Å². The maximum absolute atomic E-state index is 12.3. The third-order valence-corrected chi connectivity index (χ3v) is 4.51. The SMILES string of the molecule is CC(C)C(CCO)NC(=O)c1ccc2c(c1)NC(=O)CS2. The Balaban J connectivity index is 2.12. The molecular weight excluding hydrogens is 288 g/mol. The van der Waals surface area contributed by atoms with Gasteiger partial charge in [-0.25, -0.2) is 0 Å². The predicted molar refractivity (Wildman–Crippen MR) is 83.6 cm³/mol. The number of nitrogens with one attached hydrogen (secondary N) is 2. The fourth-order valence-electron chi connectivity index (χ4n) is 2.19. The summed E-state index contributed by atoms with van der Waals surface area (Å²) in [5, 5.41) is 14.8. The summed E-state index contributed by atoms with van der Waals surface area (Å²) in [7, 11) is 0. The van der Waals surface area contributed by atoms with E-state index in [-0.39, 0.29) is 30.4 Å². The minimum absolute atomic E-state index is 0.0417. The summed E-state index contributed by atoms with van der Waals surface area (Å²) in [4.78, 5) is 24.7. The fourth-order valence-corrected chi connectivity index (χ4v) is 2.98. The van der Waals surface area contributed by atoms with Crippen LogP contribution in [0.4, 0.5) is 5.69 Å². The number of carbonyl (C=O) groups excluding carboxylic acids is 2. The van der Waals surface area contributed by atoms with E-state index < -0.39 is 0 Å². The van der Waals surface area contributed by atoms with Gasteiger partial charge in [-0.3, -0.25) is 9.59 Å². The van der Waals surface area contributed by atoms with Gasteiger partial charge in [0.15, 0.2) is 0 Å². The van der Waals surface area contributed by atoms with Crippen LogP contribution < -0.4 is 10.6 Å². The van der Waals surface area contributed by atoms with Gasteiger partial charge in [0.2, 0.25) is 5.91 Å². The molecule has 0 fully saturated rings. The molecule has 1 aromatic carbocycles. The van der Waals surface area contributed by atoms with E-state index in [0.29, 0.717) is 23.4 Å². The first kappa shape index (κ1) is 15.9. The number of aliphatic hydroxyl groups excluding tert-OH is 1. The van der Waals surface area contributed by atoms with E-state index in [2.05, 4.69) is 10.6 Å². The third kappa shape index (κ3) is 3.98. The van der Waals surface area contributed by atoms with Crippen LogP contribution in [0.5, 0.6) is 0 Å². The average molecular weight is 308 g/mol. The monoisotopic (exact) mass is 308 g/mol. The zero-order valence-corrected chi connectivity index (χ0v) is 13.0. The highest BCUT2D eigenvalue weighted by Gasteiger charge is 2.20. The van der Waals surface area contributed by atoms with Crippen molar-refractivity contribution in [3.8, 4) is 0 Å². The standard InChI is InChI=1S/C15H20N2O3S/c1-9(2)11(5-6-18)17-15(20)10-3-4-13-12(7-10)16-14(19)8-21-13/h3-4,7,9,11,18H,5-6,8H2,1-2H3,(H,16,19)(H,17,20). The van der Waals surface area contributed by atoms with Crippen molar-refractivity contribution >= 4 is 29.3 Å². The highest BCUT2D eigenvalue weighted by atomic mass is 32.2. The molecule has 1 unspecified atom stereocenters. The Kier molecular flexibility index (Phi) is 5.25. The molecule has 1 aliphatic heterocycles. The molecule has 2 amide bonds. The van der Waals surface area contributed by atoms with Gasteiger partial charge in [0.1, 0.15) is 0 Å². The number of hydrogen-bond donors (Lipinski definition) is 3. The molecule has 0 saturated heterocycles. The highest BCUT2D eigenvalue weighted by Crippen LogP contribution is 2.31. The van der Waals surface area contributed by atoms with Crippen LogP contribution in [-0.2, 0) is 4.79 Å². The van der Waals surface area contributed by atoms with Crippen LogP contribution in [0.15, 0.2) is 23.1 Å². The molecule has 0 aliphatic carbocycles. The quantitative estimate of drug-likeness (QED) is 0.776. The number of amides is 2. The van der Waals surface area contributed by atoms with Crippen molar-refractivity contribution in [3.05, 3.63) is 23.8 Å². The van der Waals surface area contributed by atoms with Gasteiger partial charge in [0.05, 0.1) is 11.4 Å². The number of aliphatic hydroxyl groups is 1. The first-order valence-electron chi connectivity index (χ1n) is 6.99. The number of hydrogen-bond acceptors (Lipinski definition) is 4. The minimum Gasteiger partial charge on any atom is -0.396 e. The van der Waals surface area contributed by atoms with Crippen molar-refractivity contribution in [2.75, 3.05) is 17.7 Å². The molecule has 6 heteroatoms. The smallest absolute Gasteiger partial charge is 0.251 e. The molecule has 0 bridgehead atoms. The Labute approximate surface area is 128 Å². The lowest BCUT2D eigenvalue weighted by molar-refractivity contribution is -0.113. The molecule has 3 N–H and O–H groups in total. The van der Waals surface area contributed by atoms with E-state index in [1.54, 1.807) is 12.1 Å². The molecule has 21 heavy (non-hydrogen) atoms.